The van der Waals surface area contributed by atoms with E-state index in [-0.39, 0.29) is 0 Å². The molecule has 0 radical (unpaired) electrons. The van der Waals surface area contributed by atoms with Gasteiger partial charge in [0, 0.05) is 0 Å². The van der Waals surface area contributed by atoms with Crippen LogP contribution in [0, 0.1) is 0 Å². The highest BCUT2D eigenvalue weighted by Gasteiger charge is 2.43. The van der Waals surface area contributed by atoms with E-state index in [0.717, 1.165) is 0 Å². The van der Waals surface area contributed by atoms with Crippen molar-refractivity contribution in [3.63, 3.8) is 0 Å². The lowest BCUT2D eigenvalue weighted by molar-refractivity contribution is -0.341. The Hall–Kier alpha value is 0.01000. The van der Waals surface area contributed by atoms with Crippen molar-refractivity contribution in [2.24, 2.45) is 0 Å². The SMILES string of the molecule is O=P([O-])([O-])OCCCC(OP(=O)(O)O)C(F)(F)F. The Kier molecular flexibility index (Phi) is 6.45. The maximum atomic E-state index is 12.2. The molecule has 110 valence electrons. The normalized spacial score (nSPS) is 15.7. The Morgan fingerprint density at radius 2 is 1.72 bits per heavy atom. The largest absolute Gasteiger partial charge is 0.790 e. The summed E-state index contributed by atoms with van der Waals surface area (Å²) in [6.45, 7) is -0.832. The van der Waals surface area contributed by atoms with Crippen LogP contribution < -0.4 is 9.79 Å². The van der Waals surface area contributed by atoms with Crippen LogP contribution in [0.3, 0.4) is 0 Å². The molecule has 0 aromatic carbocycles. The quantitative estimate of drug-likeness (QED) is 0.480. The van der Waals surface area contributed by atoms with E-state index in [1.165, 1.54) is 0 Å². The van der Waals surface area contributed by atoms with E-state index in [1.54, 1.807) is 0 Å². The average Bonchev–Trinajstić information content (AvgIpc) is 2.04. The zero-order valence-corrected chi connectivity index (χ0v) is 10.4. The van der Waals surface area contributed by atoms with Gasteiger partial charge in [-0.1, -0.05) is 0 Å². The second-order valence-corrected chi connectivity index (χ2v) is 5.39. The molecule has 0 amide bonds. The van der Waals surface area contributed by atoms with Crippen molar-refractivity contribution in [2.75, 3.05) is 6.61 Å². The summed E-state index contributed by atoms with van der Waals surface area (Å²) < 4.78 is 64.1. The molecule has 0 aromatic rings. The van der Waals surface area contributed by atoms with Crippen molar-refractivity contribution in [1.29, 1.82) is 0 Å². The molecule has 18 heavy (non-hydrogen) atoms. The molecule has 0 aromatic heterocycles. The van der Waals surface area contributed by atoms with Gasteiger partial charge in [0.15, 0.2) is 6.10 Å². The van der Waals surface area contributed by atoms with Crippen LogP contribution >= 0.6 is 15.6 Å². The molecule has 0 saturated carbocycles. The molecule has 1 atom stereocenters. The third-order valence-electron chi connectivity index (χ3n) is 1.49. The minimum Gasteiger partial charge on any atom is -0.790 e. The first-order chi connectivity index (χ1) is 7.81. The summed E-state index contributed by atoms with van der Waals surface area (Å²) >= 11 is 0. The van der Waals surface area contributed by atoms with E-state index in [0.29, 0.717) is 0 Å². The van der Waals surface area contributed by atoms with Crippen LogP contribution in [0.2, 0.25) is 0 Å². The standard InChI is InChI=1S/C5H11F3O8P2/c6-5(7,8)4(16-18(12,13)14)2-1-3-15-17(9,10)11/h4H,1-3H2,(H2,9,10,11)(H2,12,13,14)/p-2. The van der Waals surface area contributed by atoms with Crippen molar-refractivity contribution in [1.82, 2.24) is 0 Å². The van der Waals surface area contributed by atoms with Gasteiger partial charge in [-0.05, 0) is 12.8 Å². The molecule has 0 heterocycles. The lowest BCUT2D eigenvalue weighted by Crippen LogP contribution is -2.31. The first-order valence-corrected chi connectivity index (χ1v) is 7.27. The van der Waals surface area contributed by atoms with Crippen LogP contribution in [0.25, 0.3) is 0 Å². The van der Waals surface area contributed by atoms with Gasteiger partial charge < -0.3 is 28.7 Å². The molecule has 0 rings (SSSR count). The van der Waals surface area contributed by atoms with E-state index in [9.17, 15) is 32.1 Å². The van der Waals surface area contributed by atoms with Crippen molar-refractivity contribution < 1.29 is 50.9 Å². The number of phosphoric acid groups is 2. The third kappa shape index (κ3) is 9.98. The van der Waals surface area contributed by atoms with Gasteiger partial charge >= 0.3 is 14.0 Å². The number of alkyl halides is 3. The van der Waals surface area contributed by atoms with Crippen LogP contribution in [0.1, 0.15) is 12.8 Å². The Balaban J connectivity index is 4.28. The van der Waals surface area contributed by atoms with E-state index in [2.05, 4.69) is 9.05 Å². The fraction of sp³-hybridized carbons (Fsp3) is 1.00. The summed E-state index contributed by atoms with van der Waals surface area (Å²) in [5.41, 5.74) is 0. The molecular weight excluding hydrogens is 307 g/mol. The molecule has 0 bridgehead atoms. The summed E-state index contributed by atoms with van der Waals surface area (Å²) in [7, 11) is -10.6. The zero-order chi connectivity index (χ0) is 14.6. The lowest BCUT2D eigenvalue weighted by Gasteiger charge is -2.29. The van der Waals surface area contributed by atoms with Crippen molar-refractivity contribution >= 4 is 15.6 Å². The van der Waals surface area contributed by atoms with Crippen molar-refractivity contribution in [2.45, 2.75) is 25.1 Å². The summed E-state index contributed by atoms with van der Waals surface area (Å²) in [4.78, 5) is 36.4. The van der Waals surface area contributed by atoms with Crippen LogP contribution in [0.5, 0.6) is 0 Å². The second-order valence-electron chi connectivity index (χ2n) is 3.05. The molecular formula is C5H9F3O8P2-2. The topological polar surface area (TPSA) is 139 Å². The zero-order valence-electron chi connectivity index (χ0n) is 8.57. The molecule has 1 unspecified atom stereocenters. The van der Waals surface area contributed by atoms with Gasteiger partial charge in [0.2, 0.25) is 0 Å². The molecule has 0 spiro atoms. The minimum atomic E-state index is -5.34. The fourth-order valence-electron chi connectivity index (χ4n) is 0.887. The number of rotatable bonds is 7. The van der Waals surface area contributed by atoms with Crippen LogP contribution in [0.15, 0.2) is 0 Å². The summed E-state index contributed by atoms with van der Waals surface area (Å²) in [5.74, 6) is 0. The van der Waals surface area contributed by atoms with Gasteiger partial charge in [0.05, 0.1) is 14.4 Å². The van der Waals surface area contributed by atoms with Gasteiger partial charge in [-0.2, -0.15) is 13.2 Å². The van der Waals surface area contributed by atoms with Crippen LogP contribution in [-0.2, 0) is 18.2 Å². The highest BCUT2D eigenvalue weighted by Crippen LogP contribution is 2.43. The van der Waals surface area contributed by atoms with Crippen molar-refractivity contribution in [3.05, 3.63) is 0 Å². The van der Waals surface area contributed by atoms with Gasteiger partial charge in [-0.3, -0.25) is 4.52 Å². The Morgan fingerprint density at radius 1 is 1.22 bits per heavy atom. The smallest absolute Gasteiger partial charge is 0.470 e. The highest BCUT2D eigenvalue weighted by molar-refractivity contribution is 7.46. The average molecular weight is 316 g/mol. The molecule has 0 fully saturated rings. The van der Waals surface area contributed by atoms with Crippen molar-refractivity contribution in [3.8, 4) is 0 Å². The van der Waals surface area contributed by atoms with E-state index < -0.39 is 47.4 Å². The molecule has 2 N–H and O–H groups in total. The Labute approximate surface area is 99.2 Å². The monoisotopic (exact) mass is 316 g/mol. The van der Waals surface area contributed by atoms with Crippen LogP contribution in [0.4, 0.5) is 13.2 Å². The van der Waals surface area contributed by atoms with E-state index >= 15 is 0 Å². The van der Waals surface area contributed by atoms with Gasteiger partial charge in [0.25, 0.3) is 0 Å². The Morgan fingerprint density at radius 3 is 2.06 bits per heavy atom. The first-order valence-electron chi connectivity index (χ1n) is 4.28. The lowest BCUT2D eigenvalue weighted by atomic mass is 10.2. The van der Waals surface area contributed by atoms with E-state index in [4.69, 9.17) is 9.79 Å². The first kappa shape index (κ1) is 18.0. The Bertz CT molecular complexity index is 345. The number of hydrogen-bond acceptors (Lipinski definition) is 6. The minimum absolute atomic E-state index is 0.585. The molecule has 0 aliphatic heterocycles. The molecule has 0 saturated heterocycles. The number of hydrogen-bond donors (Lipinski definition) is 2. The van der Waals surface area contributed by atoms with E-state index in [1.807, 2.05) is 0 Å². The molecule has 13 heteroatoms. The van der Waals surface area contributed by atoms with Crippen LogP contribution in [-0.4, -0.2) is 28.7 Å². The number of phosphoric ester groups is 2. The molecule has 8 nitrogen and oxygen atoms in total. The second kappa shape index (κ2) is 6.44. The van der Waals surface area contributed by atoms with Gasteiger partial charge in [-0.15, -0.1) is 0 Å². The maximum Gasteiger partial charge on any atom is 0.470 e. The fourth-order valence-corrected chi connectivity index (χ4v) is 1.80. The van der Waals surface area contributed by atoms with Gasteiger partial charge in [-0.25, -0.2) is 4.57 Å². The summed E-state index contributed by atoms with van der Waals surface area (Å²) in [6, 6.07) is 0. The predicted molar refractivity (Wildman–Crippen MR) is 45.8 cm³/mol. The molecule has 0 aliphatic rings. The van der Waals surface area contributed by atoms with Gasteiger partial charge in [0.1, 0.15) is 0 Å². The predicted octanol–water partition coefficient (Wildman–Crippen LogP) is -0.348. The molecule has 0 aliphatic carbocycles. The maximum absolute atomic E-state index is 12.2. The highest BCUT2D eigenvalue weighted by atomic mass is 31.2. The third-order valence-corrected chi connectivity index (χ3v) is 2.52. The summed E-state index contributed by atoms with van der Waals surface area (Å²) in [5, 5.41) is 0. The number of halogens is 3. The summed E-state index contributed by atoms with van der Waals surface area (Å²) in [6.07, 6.45) is -9.37.